The van der Waals surface area contributed by atoms with Crippen molar-refractivity contribution in [2.24, 2.45) is 11.8 Å². The molecule has 7 aromatic carbocycles. The summed E-state index contributed by atoms with van der Waals surface area (Å²) in [5, 5.41) is 3.86. The Hall–Kier alpha value is -6.67. The quantitative estimate of drug-likeness (QED) is 0.167. The third kappa shape index (κ3) is 4.98. The third-order valence-electron chi connectivity index (χ3n) is 14.6. The van der Waals surface area contributed by atoms with E-state index in [9.17, 15) is 13.2 Å². The van der Waals surface area contributed by atoms with E-state index in [0.29, 0.717) is 23.2 Å². The van der Waals surface area contributed by atoms with Crippen LogP contribution >= 0.6 is 0 Å². The maximum absolute atomic E-state index is 14.6. The summed E-state index contributed by atoms with van der Waals surface area (Å²) in [6.45, 7) is 0. The molecule has 1 aromatic heterocycles. The van der Waals surface area contributed by atoms with E-state index in [0.717, 1.165) is 109 Å². The van der Waals surface area contributed by atoms with Gasteiger partial charge in [-0.2, -0.15) is 13.2 Å². The van der Waals surface area contributed by atoms with Gasteiger partial charge in [0.2, 0.25) is 0 Å². The van der Waals surface area contributed by atoms with E-state index in [1.54, 1.807) is 27.4 Å². The lowest BCUT2D eigenvalue weighted by Crippen LogP contribution is -2.36. The van der Waals surface area contributed by atoms with Crippen molar-refractivity contribution in [2.75, 3.05) is 21.3 Å². The number of aromatic nitrogens is 1. The van der Waals surface area contributed by atoms with Crippen LogP contribution in [0.25, 0.3) is 55.5 Å². The molecule has 1 spiro atoms. The van der Waals surface area contributed by atoms with Gasteiger partial charge in [-0.05, 0) is 132 Å². The van der Waals surface area contributed by atoms with Crippen LogP contribution in [-0.2, 0) is 17.2 Å². The lowest BCUT2D eigenvalue weighted by Gasteiger charge is -2.41. The summed E-state index contributed by atoms with van der Waals surface area (Å²) in [6.07, 6.45) is 3.72. The zero-order valence-corrected chi connectivity index (χ0v) is 34.5. The molecule has 308 valence electrons. The predicted octanol–water partition coefficient (Wildman–Crippen LogP) is 13.4. The summed E-state index contributed by atoms with van der Waals surface area (Å²) in [5.74, 6) is 3.09. The standard InChI is InChI=1S/C54H42F3NO4/c1-59-37-19-15-32(16-20-37)53(34-18-22-46-41(26-34)38-11-7-8-12-45(38)58(46)36-9-5-4-6-10-36)24-23-40-50-49(42-28-47(60-2)48(61-3)29-43(42)51(40)62-53)39-21-17-35(54(55,56)57)27-44(39)52(50)30-31-13-14-33(52)25-31/h4-12,15-24,26-29,31,33H,13-14,25,30H2,1-3H3. The number of ether oxygens (including phenoxy) is 4. The zero-order chi connectivity index (χ0) is 42.1. The van der Waals surface area contributed by atoms with Gasteiger partial charge in [-0.1, -0.05) is 73.2 Å². The fourth-order valence-electron chi connectivity index (χ4n) is 12.0. The number of methoxy groups -OCH3 is 3. The van der Waals surface area contributed by atoms with Crippen molar-refractivity contribution < 1.29 is 32.1 Å². The molecule has 5 nitrogen and oxygen atoms in total. The molecule has 2 heterocycles. The first kappa shape index (κ1) is 37.1. The first-order chi connectivity index (χ1) is 30.2. The summed E-state index contributed by atoms with van der Waals surface area (Å²) in [4.78, 5) is 0. The smallest absolute Gasteiger partial charge is 0.416 e. The van der Waals surface area contributed by atoms with Crippen LogP contribution in [0.3, 0.4) is 0 Å². The van der Waals surface area contributed by atoms with Crippen LogP contribution in [0.2, 0.25) is 0 Å². The lowest BCUT2D eigenvalue weighted by atomic mass is 9.65. The van der Waals surface area contributed by atoms with Crippen LogP contribution in [0.15, 0.2) is 133 Å². The molecule has 62 heavy (non-hydrogen) atoms. The molecule has 2 saturated carbocycles. The lowest BCUT2D eigenvalue weighted by molar-refractivity contribution is -0.137. The van der Waals surface area contributed by atoms with Crippen molar-refractivity contribution in [3.8, 4) is 39.8 Å². The highest BCUT2D eigenvalue weighted by molar-refractivity contribution is 6.11. The van der Waals surface area contributed by atoms with E-state index in [1.165, 1.54) is 12.1 Å². The Morgan fingerprint density at radius 3 is 2.11 bits per heavy atom. The van der Waals surface area contributed by atoms with E-state index >= 15 is 0 Å². The second-order valence-corrected chi connectivity index (χ2v) is 17.4. The number of halogens is 3. The van der Waals surface area contributed by atoms with Crippen LogP contribution < -0.4 is 18.9 Å². The number of nitrogens with zero attached hydrogens (tertiary/aromatic N) is 1. The molecule has 2 fully saturated rings. The van der Waals surface area contributed by atoms with Gasteiger partial charge in [0.1, 0.15) is 11.5 Å². The number of hydrogen-bond donors (Lipinski definition) is 0. The summed E-state index contributed by atoms with van der Waals surface area (Å²) < 4.78 is 71.4. The summed E-state index contributed by atoms with van der Waals surface area (Å²) in [5.41, 5.74) is 7.26. The van der Waals surface area contributed by atoms with E-state index in [-0.39, 0.29) is 5.92 Å². The van der Waals surface area contributed by atoms with Crippen LogP contribution in [0, 0.1) is 11.8 Å². The number of hydrogen-bond acceptors (Lipinski definition) is 4. The molecule has 0 amide bonds. The Labute approximate surface area is 356 Å². The van der Waals surface area contributed by atoms with Crippen LogP contribution in [0.1, 0.15) is 59.1 Å². The highest BCUT2D eigenvalue weighted by atomic mass is 19.4. The largest absolute Gasteiger partial charge is 0.497 e. The van der Waals surface area contributed by atoms with E-state index in [1.807, 2.05) is 30.3 Å². The van der Waals surface area contributed by atoms with Crippen molar-refractivity contribution >= 4 is 38.7 Å². The minimum Gasteiger partial charge on any atom is -0.497 e. The van der Waals surface area contributed by atoms with E-state index in [4.69, 9.17) is 18.9 Å². The summed E-state index contributed by atoms with van der Waals surface area (Å²) in [6, 6.07) is 41.8. The van der Waals surface area contributed by atoms with Crippen molar-refractivity contribution in [2.45, 2.75) is 42.9 Å². The highest BCUT2D eigenvalue weighted by Gasteiger charge is 2.59. The molecule has 4 atom stereocenters. The number of fused-ring (bicyclic) bond motifs is 16. The maximum atomic E-state index is 14.6. The minimum absolute atomic E-state index is 0.198. The van der Waals surface area contributed by atoms with E-state index in [2.05, 4.69) is 95.6 Å². The second-order valence-electron chi connectivity index (χ2n) is 17.4. The van der Waals surface area contributed by atoms with Gasteiger partial charge in [0.05, 0.1) is 37.9 Å². The third-order valence-corrected chi connectivity index (χ3v) is 14.6. The van der Waals surface area contributed by atoms with Gasteiger partial charge >= 0.3 is 6.18 Å². The van der Waals surface area contributed by atoms with Gasteiger partial charge in [-0.15, -0.1) is 0 Å². The summed E-state index contributed by atoms with van der Waals surface area (Å²) in [7, 11) is 4.89. The van der Waals surface area contributed by atoms with E-state index < -0.39 is 22.8 Å². The predicted molar refractivity (Wildman–Crippen MR) is 238 cm³/mol. The summed E-state index contributed by atoms with van der Waals surface area (Å²) >= 11 is 0. The normalized spacial score (nSPS) is 22.0. The van der Waals surface area contributed by atoms with Gasteiger partial charge in [-0.3, -0.25) is 0 Å². The molecule has 2 bridgehead atoms. The van der Waals surface area contributed by atoms with Gasteiger partial charge in [0.15, 0.2) is 17.1 Å². The number of rotatable bonds is 6. The first-order valence-electron chi connectivity index (χ1n) is 21.3. The SMILES string of the molecule is COc1ccc(C2(c3ccc4c(c3)c3ccccc3n4-c3ccccc3)C=Cc3c4c(c5cc(OC)c(OC)cc5c3O2)-c2ccc(C(F)(F)F)cc2C42CC3CCC2C3)cc1. The Kier molecular flexibility index (Phi) is 7.88. The molecule has 0 saturated heterocycles. The van der Waals surface area contributed by atoms with Crippen molar-refractivity contribution in [3.05, 3.63) is 167 Å². The maximum Gasteiger partial charge on any atom is 0.416 e. The van der Waals surface area contributed by atoms with Crippen molar-refractivity contribution in [3.63, 3.8) is 0 Å². The highest BCUT2D eigenvalue weighted by Crippen LogP contribution is 2.69. The molecule has 0 N–H and O–H groups in total. The van der Waals surface area contributed by atoms with Crippen LogP contribution in [0.5, 0.6) is 23.0 Å². The van der Waals surface area contributed by atoms with Gasteiger partial charge < -0.3 is 23.5 Å². The van der Waals surface area contributed by atoms with Crippen molar-refractivity contribution in [1.82, 2.24) is 4.57 Å². The molecule has 4 aliphatic rings. The number of para-hydroxylation sites is 2. The fraction of sp³-hybridized carbons (Fsp3) is 0.222. The molecular formula is C54H42F3NO4. The fourth-order valence-corrected chi connectivity index (χ4v) is 12.0. The molecule has 3 aliphatic carbocycles. The van der Waals surface area contributed by atoms with Gasteiger partial charge in [-0.25, -0.2) is 0 Å². The number of benzene rings is 7. The number of alkyl halides is 3. The first-order valence-corrected chi connectivity index (χ1v) is 21.3. The molecule has 0 radical (unpaired) electrons. The molecular weight excluding hydrogens is 784 g/mol. The Morgan fingerprint density at radius 1 is 0.677 bits per heavy atom. The minimum atomic E-state index is -4.48. The topological polar surface area (TPSA) is 41.9 Å². The van der Waals surface area contributed by atoms with Gasteiger partial charge in [0, 0.05) is 44.0 Å². The van der Waals surface area contributed by atoms with Crippen molar-refractivity contribution in [1.29, 1.82) is 0 Å². The Balaban J connectivity index is 1.16. The van der Waals surface area contributed by atoms with Crippen LogP contribution in [-0.4, -0.2) is 25.9 Å². The van der Waals surface area contributed by atoms with Gasteiger partial charge in [0.25, 0.3) is 0 Å². The second kappa shape index (κ2) is 13.2. The molecule has 8 heteroatoms. The Bertz CT molecular complexity index is 3190. The zero-order valence-electron chi connectivity index (χ0n) is 34.5. The van der Waals surface area contributed by atoms with Crippen LogP contribution in [0.4, 0.5) is 13.2 Å². The monoisotopic (exact) mass is 825 g/mol. The molecule has 12 rings (SSSR count). The average molecular weight is 826 g/mol. The molecule has 4 unspecified atom stereocenters. The Morgan fingerprint density at radius 2 is 1.40 bits per heavy atom. The molecule has 8 aromatic rings. The molecule has 1 aliphatic heterocycles. The average Bonchev–Trinajstić information content (AvgIpc) is 4.08.